The fourth-order valence-electron chi connectivity index (χ4n) is 2.95. The summed E-state index contributed by atoms with van der Waals surface area (Å²) in [4.78, 5) is 28.8. The lowest BCUT2D eigenvalue weighted by molar-refractivity contribution is -0.114. The molecule has 154 valence electrons. The van der Waals surface area contributed by atoms with Crippen molar-refractivity contribution in [2.24, 2.45) is 5.73 Å². The van der Waals surface area contributed by atoms with Crippen molar-refractivity contribution in [3.05, 3.63) is 54.1 Å². The molecule has 30 heavy (non-hydrogen) atoms. The lowest BCUT2D eigenvalue weighted by atomic mass is 10.1. The minimum atomic E-state index is -0.308. The molecule has 0 spiro atoms. The number of nitrogens with one attached hydrogen (secondary N) is 1. The van der Waals surface area contributed by atoms with Crippen molar-refractivity contribution < 1.29 is 14.2 Å². The summed E-state index contributed by atoms with van der Waals surface area (Å²) in [5.74, 6) is 0.0256. The molecule has 2 heterocycles. The number of halogens is 1. The fraction of sp³-hybridized carbons (Fsp3) is 0.105. The Morgan fingerprint density at radius 2 is 1.80 bits per heavy atom. The number of nitrogen functional groups attached to an aromatic ring is 1. The first-order valence-electron chi connectivity index (χ1n) is 8.73. The van der Waals surface area contributed by atoms with Crippen LogP contribution < -0.4 is 16.8 Å². The van der Waals surface area contributed by atoms with Crippen LogP contribution in [0.25, 0.3) is 22.6 Å². The Bertz CT molecular complexity index is 1200. The van der Waals surface area contributed by atoms with Gasteiger partial charge in [-0.3, -0.25) is 9.59 Å². The number of anilines is 2. The monoisotopic (exact) mass is 427 g/mol. The molecule has 2 aromatic carbocycles. The van der Waals surface area contributed by atoms with E-state index in [4.69, 9.17) is 11.5 Å². The third kappa shape index (κ3) is 4.00. The highest BCUT2D eigenvalue weighted by molar-refractivity contribution is 5.98. The van der Waals surface area contributed by atoms with Crippen LogP contribution in [0.5, 0.6) is 0 Å². The van der Waals surface area contributed by atoms with Crippen LogP contribution in [0.2, 0.25) is 0 Å². The molecule has 2 aromatic heterocycles. The van der Waals surface area contributed by atoms with E-state index in [1.54, 1.807) is 28.8 Å². The highest BCUT2D eigenvalue weighted by Crippen LogP contribution is 2.27. The number of amides is 1. The van der Waals surface area contributed by atoms with Gasteiger partial charge in [-0.2, -0.15) is 0 Å². The number of aromatic nitrogens is 4. The third-order valence-electron chi connectivity index (χ3n) is 4.36. The molecular weight excluding hydrogens is 410 g/mol. The van der Waals surface area contributed by atoms with Gasteiger partial charge in [-0.1, -0.05) is 12.1 Å². The number of carbonyl (C=O) groups excluding carboxylic acids is 2. The van der Waals surface area contributed by atoms with Crippen LogP contribution in [-0.2, 0) is 11.3 Å². The summed E-state index contributed by atoms with van der Waals surface area (Å²) in [5.41, 5.74) is 13.9. The van der Waals surface area contributed by atoms with E-state index >= 15 is 0 Å². The van der Waals surface area contributed by atoms with Gasteiger partial charge in [0.1, 0.15) is 0 Å². The van der Waals surface area contributed by atoms with Crippen molar-refractivity contribution in [1.29, 1.82) is 0 Å². The van der Waals surface area contributed by atoms with Gasteiger partial charge in [0.25, 0.3) is 0 Å². The number of fused-ring (bicyclic) bond motifs is 1. The van der Waals surface area contributed by atoms with Crippen LogP contribution in [0, 0.1) is 0 Å². The van der Waals surface area contributed by atoms with Crippen molar-refractivity contribution in [1.82, 2.24) is 19.9 Å². The van der Waals surface area contributed by atoms with Gasteiger partial charge in [0, 0.05) is 11.3 Å². The molecule has 5 N–H and O–H groups in total. The van der Waals surface area contributed by atoms with Crippen LogP contribution in [0.1, 0.15) is 10.4 Å². The van der Waals surface area contributed by atoms with E-state index in [2.05, 4.69) is 25.2 Å². The zero-order valence-electron chi connectivity index (χ0n) is 15.6. The van der Waals surface area contributed by atoms with E-state index in [-0.39, 0.29) is 48.7 Å². The highest BCUT2D eigenvalue weighted by atomic mass is 35.5. The standard InChI is InChI=1S/C19H17N7O3.ClH/c20-9-16(28)22-12-7-5-11(6-8-12)15(27)10-26-14-4-2-1-3-13(14)23-19(26)17-18(21)25-29-24-17;/h1-8H,9-10,20H2,(H2,21,25)(H,22,28);1H. The maximum absolute atomic E-state index is 12.9. The lowest BCUT2D eigenvalue weighted by Gasteiger charge is -2.08. The quantitative estimate of drug-likeness (QED) is 0.394. The van der Waals surface area contributed by atoms with E-state index in [1.807, 2.05) is 24.3 Å². The number of nitrogens with two attached hydrogens (primary N) is 2. The van der Waals surface area contributed by atoms with Crippen molar-refractivity contribution in [3.8, 4) is 11.5 Å². The van der Waals surface area contributed by atoms with Gasteiger partial charge in [-0.15, -0.1) is 12.4 Å². The molecular formula is C19H18ClN7O3. The summed E-state index contributed by atoms with van der Waals surface area (Å²) < 4.78 is 6.41. The minimum Gasteiger partial charge on any atom is -0.379 e. The topological polar surface area (TPSA) is 155 Å². The number of para-hydroxylation sites is 2. The maximum atomic E-state index is 12.9. The Morgan fingerprint density at radius 1 is 1.07 bits per heavy atom. The van der Waals surface area contributed by atoms with Gasteiger partial charge in [-0.05, 0) is 46.7 Å². The maximum Gasteiger partial charge on any atom is 0.238 e. The molecule has 10 nitrogen and oxygen atoms in total. The smallest absolute Gasteiger partial charge is 0.238 e. The molecule has 4 aromatic rings. The molecule has 0 saturated heterocycles. The molecule has 0 aliphatic heterocycles. The summed E-state index contributed by atoms with van der Waals surface area (Å²) >= 11 is 0. The third-order valence-corrected chi connectivity index (χ3v) is 4.36. The van der Waals surface area contributed by atoms with Crippen molar-refractivity contribution in [2.45, 2.75) is 6.54 Å². The first kappa shape index (κ1) is 21.0. The normalized spacial score (nSPS) is 10.6. The van der Waals surface area contributed by atoms with Gasteiger partial charge >= 0.3 is 0 Å². The summed E-state index contributed by atoms with van der Waals surface area (Å²) in [5, 5.41) is 10.0. The number of ketones is 1. The van der Waals surface area contributed by atoms with Gasteiger partial charge < -0.3 is 21.4 Å². The molecule has 0 fully saturated rings. The molecule has 0 radical (unpaired) electrons. The zero-order chi connectivity index (χ0) is 20.4. The van der Waals surface area contributed by atoms with Gasteiger partial charge in [0.15, 0.2) is 23.1 Å². The van der Waals surface area contributed by atoms with E-state index < -0.39 is 0 Å². The van der Waals surface area contributed by atoms with E-state index in [1.165, 1.54) is 0 Å². The van der Waals surface area contributed by atoms with E-state index in [0.29, 0.717) is 22.6 Å². The lowest BCUT2D eigenvalue weighted by Crippen LogP contribution is -2.21. The number of nitrogens with zero attached hydrogens (tertiary/aromatic N) is 4. The molecule has 0 unspecified atom stereocenters. The highest BCUT2D eigenvalue weighted by Gasteiger charge is 2.21. The Morgan fingerprint density at radius 3 is 2.47 bits per heavy atom. The summed E-state index contributed by atoms with van der Waals surface area (Å²) in [6.07, 6.45) is 0. The average molecular weight is 428 g/mol. The molecule has 0 aliphatic rings. The Hall–Kier alpha value is -3.76. The second kappa shape index (κ2) is 8.72. The average Bonchev–Trinajstić information content (AvgIpc) is 3.31. The summed E-state index contributed by atoms with van der Waals surface area (Å²) in [6, 6.07) is 14.0. The Kier molecular flexibility index (Phi) is 6.09. The number of hydrogen-bond donors (Lipinski definition) is 3. The Labute approximate surface area is 176 Å². The van der Waals surface area contributed by atoms with Crippen LogP contribution in [0.15, 0.2) is 53.2 Å². The number of benzene rings is 2. The molecule has 11 heteroatoms. The molecule has 0 atom stereocenters. The number of hydrogen-bond acceptors (Lipinski definition) is 8. The Balaban J connectivity index is 0.00000256. The van der Waals surface area contributed by atoms with Crippen molar-refractivity contribution in [2.75, 3.05) is 17.6 Å². The van der Waals surface area contributed by atoms with Gasteiger partial charge in [0.05, 0.1) is 24.1 Å². The number of imidazole rings is 1. The summed E-state index contributed by atoms with van der Waals surface area (Å²) in [7, 11) is 0. The van der Waals surface area contributed by atoms with Crippen LogP contribution in [0.3, 0.4) is 0 Å². The molecule has 4 rings (SSSR count). The predicted molar refractivity (Wildman–Crippen MR) is 113 cm³/mol. The van der Waals surface area contributed by atoms with Crippen LogP contribution in [-0.4, -0.2) is 38.1 Å². The predicted octanol–water partition coefficient (Wildman–Crippen LogP) is 1.87. The first-order chi connectivity index (χ1) is 14.1. The molecule has 0 bridgehead atoms. The van der Waals surface area contributed by atoms with E-state index in [0.717, 1.165) is 5.52 Å². The van der Waals surface area contributed by atoms with Crippen LogP contribution in [0.4, 0.5) is 11.5 Å². The number of rotatable bonds is 6. The number of carbonyl (C=O) groups is 2. The molecule has 1 amide bonds. The SMILES string of the molecule is Cl.NCC(=O)Nc1ccc(C(=O)Cn2c(-c3nonc3N)nc3ccccc32)cc1. The number of Topliss-reactive ketones (excluding diaryl/α,β-unsaturated/α-hetero) is 1. The van der Waals surface area contributed by atoms with E-state index in [9.17, 15) is 9.59 Å². The zero-order valence-corrected chi connectivity index (χ0v) is 16.4. The molecule has 0 aliphatic carbocycles. The first-order valence-corrected chi connectivity index (χ1v) is 8.73. The van der Waals surface area contributed by atoms with Gasteiger partial charge in [0.2, 0.25) is 5.91 Å². The minimum absolute atomic E-state index is 0. The largest absolute Gasteiger partial charge is 0.379 e. The fourth-order valence-corrected chi connectivity index (χ4v) is 2.95. The summed E-state index contributed by atoms with van der Waals surface area (Å²) in [6.45, 7) is -0.103. The van der Waals surface area contributed by atoms with Crippen molar-refractivity contribution in [3.63, 3.8) is 0 Å². The second-order valence-electron chi connectivity index (χ2n) is 6.26. The van der Waals surface area contributed by atoms with Crippen molar-refractivity contribution >= 4 is 46.6 Å². The van der Waals surface area contributed by atoms with Gasteiger partial charge in [-0.25, -0.2) is 9.61 Å². The molecule has 0 saturated carbocycles. The second-order valence-corrected chi connectivity index (χ2v) is 6.26. The van der Waals surface area contributed by atoms with Crippen LogP contribution >= 0.6 is 12.4 Å².